The number of ether oxygens (including phenoxy) is 2. The number of para-hydroxylation sites is 1. The monoisotopic (exact) mass is 404 g/mol. The first-order valence-electron chi connectivity index (χ1n) is 10.6. The fourth-order valence-corrected chi connectivity index (χ4v) is 4.82. The first-order chi connectivity index (χ1) is 14.4. The van der Waals surface area contributed by atoms with Gasteiger partial charge in [0.15, 0.2) is 0 Å². The molecule has 1 aliphatic heterocycles. The number of carbonyl (C=O) groups excluding carboxylic acids is 1. The molecule has 0 aromatic heterocycles. The van der Waals surface area contributed by atoms with Gasteiger partial charge in [-0.1, -0.05) is 43.9 Å². The van der Waals surface area contributed by atoms with Crippen LogP contribution in [0.25, 0.3) is 0 Å². The van der Waals surface area contributed by atoms with Crippen LogP contribution in [-0.2, 0) is 10.2 Å². The van der Waals surface area contributed by atoms with Crippen molar-refractivity contribution in [1.29, 1.82) is 0 Å². The number of hydrogen-bond donors (Lipinski definition) is 0. The predicted octanol–water partition coefficient (Wildman–Crippen LogP) is 5.36. The summed E-state index contributed by atoms with van der Waals surface area (Å²) in [6.45, 7) is 4.48. The Morgan fingerprint density at radius 1 is 1.20 bits per heavy atom. The highest BCUT2D eigenvalue weighted by molar-refractivity contribution is 5.89. The van der Waals surface area contributed by atoms with Gasteiger partial charge < -0.3 is 9.47 Å². The van der Waals surface area contributed by atoms with Crippen LogP contribution in [0.5, 0.6) is 5.75 Å². The molecule has 1 spiro atoms. The molecule has 2 aliphatic carbocycles. The van der Waals surface area contributed by atoms with Crippen LogP contribution in [-0.4, -0.2) is 18.7 Å². The molecule has 1 heterocycles. The minimum absolute atomic E-state index is 0.00954. The van der Waals surface area contributed by atoms with Gasteiger partial charge in [-0.3, -0.25) is 0 Å². The quantitative estimate of drug-likeness (QED) is 0.499. The zero-order valence-electron chi connectivity index (χ0n) is 17.5. The fraction of sp³-hybridized carbons (Fsp3) is 0.423. The maximum Gasteiger partial charge on any atom is 0.340 e. The Balaban J connectivity index is 1.51. The second-order valence-corrected chi connectivity index (χ2v) is 9.28. The molecule has 30 heavy (non-hydrogen) atoms. The van der Waals surface area contributed by atoms with Crippen molar-refractivity contribution < 1.29 is 18.7 Å². The van der Waals surface area contributed by atoms with Gasteiger partial charge in [-0.15, -0.1) is 0 Å². The second kappa shape index (κ2) is 6.60. The van der Waals surface area contributed by atoms with E-state index >= 15 is 0 Å². The summed E-state index contributed by atoms with van der Waals surface area (Å²) in [5, 5.41) is 0. The van der Waals surface area contributed by atoms with Gasteiger partial charge in [-0.05, 0) is 55.4 Å². The lowest BCUT2D eigenvalue weighted by molar-refractivity contribution is 0.0595. The molecule has 1 atom stereocenters. The zero-order valence-corrected chi connectivity index (χ0v) is 17.5. The maximum absolute atomic E-state index is 14.3. The molecule has 5 rings (SSSR count). The highest BCUT2D eigenvalue weighted by atomic mass is 19.1. The predicted molar refractivity (Wildman–Crippen MR) is 112 cm³/mol. The lowest BCUT2D eigenvalue weighted by atomic mass is 9.67. The lowest BCUT2D eigenvalue weighted by Crippen LogP contribution is -2.46. The van der Waals surface area contributed by atoms with Crippen LogP contribution in [0.15, 0.2) is 36.4 Å². The minimum atomic E-state index is -0.686. The zero-order chi connectivity index (χ0) is 21.1. The molecule has 1 unspecified atom stereocenters. The molecule has 3 aliphatic rings. The van der Waals surface area contributed by atoms with Gasteiger partial charge in [-0.25, -0.2) is 9.18 Å². The number of fused-ring (bicyclic) bond motifs is 1. The molecule has 0 amide bonds. The van der Waals surface area contributed by atoms with Crippen molar-refractivity contribution in [3.63, 3.8) is 0 Å². The van der Waals surface area contributed by atoms with Crippen molar-refractivity contribution in [3.05, 3.63) is 64.5 Å². The van der Waals surface area contributed by atoms with Gasteiger partial charge in [0.05, 0.1) is 18.6 Å². The summed E-state index contributed by atoms with van der Waals surface area (Å²) in [5.74, 6) is 6.98. The van der Waals surface area contributed by atoms with Crippen molar-refractivity contribution in [2.45, 2.75) is 56.5 Å². The highest BCUT2D eigenvalue weighted by Crippen LogP contribution is 2.60. The molecule has 2 aromatic carbocycles. The van der Waals surface area contributed by atoms with Gasteiger partial charge in [0.1, 0.15) is 17.2 Å². The summed E-state index contributed by atoms with van der Waals surface area (Å²) in [5.41, 5.74) is 2.61. The molecule has 0 bridgehead atoms. The smallest absolute Gasteiger partial charge is 0.340 e. The molecule has 4 heteroatoms. The number of benzene rings is 2. The number of rotatable bonds is 2. The Morgan fingerprint density at radius 3 is 2.60 bits per heavy atom. The van der Waals surface area contributed by atoms with E-state index in [0.29, 0.717) is 11.5 Å². The Hall–Kier alpha value is -2.80. The third-order valence-corrected chi connectivity index (χ3v) is 6.79. The summed E-state index contributed by atoms with van der Waals surface area (Å²) in [6, 6.07) is 10.9. The van der Waals surface area contributed by atoms with Gasteiger partial charge in [0, 0.05) is 16.5 Å². The van der Waals surface area contributed by atoms with Crippen LogP contribution in [0.1, 0.15) is 72.5 Å². The first kappa shape index (κ1) is 19.2. The second-order valence-electron chi connectivity index (χ2n) is 9.28. The van der Waals surface area contributed by atoms with Gasteiger partial charge in [0.25, 0.3) is 0 Å². The number of hydrogen-bond acceptors (Lipinski definition) is 3. The summed E-state index contributed by atoms with van der Waals surface area (Å²) < 4.78 is 25.6. The molecular weight excluding hydrogens is 379 g/mol. The van der Waals surface area contributed by atoms with Crippen molar-refractivity contribution in [3.8, 4) is 17.6 Å². The Kier molecular flexibility index (Phi) is 4.22. The molecule has 154 valence electrons. The van der Waals surface area contributed by atoms with Gasteiger partial charge >= 0.3 is 5.97 Å². The third-order valence-electron chi connectivity index (χ3n) is 6.79. The van der Waals surface area contributed by atoms with Crippen LogP contribution in [0.4, 0.5) is 4.39 Å². The average molecular weight is 404 g/mol. The summed E-state index contributed by atoms with van der Waals surface area (Å²) >= 11 is 0. The number of halogens is 1. The Morgan fingerprint density at radius 2 is 1.97 bits per heavy atom. The van der Waals surface area contributed by atoms with E-state index in [1.165, 1.54) is 43.2 Å². The highest BCUT2D eigenvalue weighted by Gasteiger charge is 2.61. The van der Waals surface area contributed by atoms with Crippen LogP contribution < -0.4 is 4.74 Å². The number of carbonyl (C=O) groups is 1. The summed E-state index contributed by atoms with van der Waals surface area (Å²) in [7, 11) is 1.24. The minimum Gasteiger partial charge on any atom is -0.485 e. The van der Waals surface area contributed by atoms with Gasteiger partial charge in [0.2, 0.25) is 0 Å². The SMILES string of the molecule is COC(=O)c1ccc(C#CC2C3(CC3)Oc3c(C4CC4)cccc3C2(C)C)cc1F. The van der Waals surface area contributed by atoms with E-state index < -0.39 is 11.8 Å². The van der Waals surface area contributed by atoms with Crippen LogP contribution in [0.2, 0.25) is 0 Å². The average Bonchev–Trinajstić information content (AvgIpc) is 3.63. The fourth-order valence-electron chi connectivity index (χ4n) is 4.82. The standard InChI is InChI=1S/C26H25FO3/c1-25(2)20-6-4-5-18(17-9-10-17)23(20)30-26(13-14-26)22(25)12-8-16-7-11-19(21(27)15-16)24(28)29-3/h4-7,11,15,17,22H,9-10,13-14H2,1-3H3. The summed E-state index contributed by atoms with van der Waals surface area (Å²) in [4.78, 5) is 11.6. The van der Waals surface area contributed by atoms with E-state index in [1.807, 2.05) is 0 Å². The van der Waals surface area contributed by atoms with Crippen LogP contribution in [0, 0.1) is 23.6 Å². The van der Waals surface area contributed by atoms with E-state index in [-0.39, 0.29) is 22.5 Å². The largest absolute Gasteiger partial charge is 0.485 e. The van der Waals surface area contributed by atoms with Crippen LogP contribution >= 0.6 is 0 Å². The van der Waals surface area contributed by atoms with Gasteiger partial charge in [-0.2, -0.15) is 0 Å². The summed E-state index contributed by atoms with van der Waals surface area (Å²) in [6.07, 6.45) is 4.46. The lowest BCUT2D eigenvalue weighted by Gasteiger charge is -2.44. The molecule has 0 N–H and O–H groups in total. The first-order valence-corrected chi connectivity index (χ1v) is 10.6. The Labute approximate surface area is 176 Å². The molecular formula is C26H25FO3. The van der Waals surface area contributed by atoms with Crippen molar-refractivity contribution in [2.24, 2.45) is 5.92 Å². The van der Waals surface area contributed by atoms with E-state index in [4.69, 9.17) is 4.74 Å². The normalized spacial score (nSPS) is 22.3. The Bertz CT molecular complexity index is 1100. The van der Waals surface area contributed by atoms with E-state index in [1.54, 1.807) is 6.07 Å². The van der Waals surface area contributed by atoms with Crippen molar-refractivity contribution in [1.82, 2.24) is 0 Å². The third kappa shape index (κ3) is 2.99. The van der Waals surface area contributed by atoms with Crippen molar-refractivity contribution >= 4 is 5.97 Å². The topological polar surface area (TPSA) is 35.5 Å². The molecule has 0 saturated heterocycles. The van der Waals surface area contributed by atoms with E-state index in [2.05, 4.69) is 48.6 Å². The molecule has 2 fully saturated rings. The van der Waals surface area contributed by atoms with E-state index in [0.717, 1.165) is 18.6 Å². The number of methoxy groups -OCH3 is 1. The molecule has 2 aromatic rings. The van der Waals surface area contributed by atoms with E-state index in [9.17, 15) is 9.18 Å². The molecule has 2 saturated carbocycles. The molecule has 0 radical (unpaired) electrons. The maximum atomic E-state index is 14.3. The van der Waals surface area contributed by atoms with Crippen LogP contribution in [0.3, 0.4) is 0 Å². The molecule has 3 nitrogen and oxygen atoms in total. The van der Waals surface area contributed by atoms with Crippen molar-refractivity contribution in [2.75, 3.05) is 7.11 Å². The number of esters is 1.